The van der Waals surface area contributed by atoms with Gasteiger partial charge < -0.3 is 10.2 Å². The van der Waals surface area contributed by atoms with E-state index >= 15 is 0 Å². The predicted octanol–water partition coefficient (Wildman–Crippen LogP) is 4.96. The van der Waals surface area contributed by atoms with Crippen LogP contribution in [0, 0.1) is 0 Å². The number of nitrogens with one attached hydrogen (secondary N) is 1. The average molecular weight is 478 g/mol. The first-order valence-electron chi connectivity index (χ1n) is 9.24. The Morgan fingerprint density at radius 1 is 1.14 bits per heavy atom. The summed E-state index contributed by atoms with van der Waals surface area (Å²) < 4.78 is 1.94. The highest BCUT2D eigenvalue weighted by atomic mass is 79.9. The van der Waals surface area contributed by atoms with E-state index in [1.54, 1.807) is 11.3 Å². The molecule has 1 fully saturated rings. The Bertz CT molecular complexity index is 955. The molecular weight excluding hydrogens is 458 g/mol. The Balaban J connectivity index is 1.44. The van der Waals surface area contributed by atoms with Crippen LogP contribution in [0.5, 0.6) is 0 Å². The monoisotopic (exact) mass is 477 g/mol. The summed E-state index contributed by atoms with van der Waals surface area (Å²) in [6.45, 7) is 2.09. The van der Waals surface area contributed by atoms with Gasteiger partial charge in [0.2, 0.25) is 5.91 Å². The molecule has 28 heavy (non-hydrogen) atoms. The standard InChI is InChI=1S/C19H20BrN5OS2/c20-13-5-7-14(8-6-13)23-15(26)11-27-18-16-17(21-12-22-18)24-19(28-16)25-9-3-1-2-4-10-25/h5-8,12H,1-4,9-11H2,(H,23,26). The smallest absolute Gasteiger partial charge is 0.234 e. The second kappa shape index (κ2) is 9.19. The molecule has 0 radical (unpaired) electrons. The van der Waals surface area contributed by atoms with E-state index in [9.17, 15) is 4.79 Å². The van der Waals surface area contributed by atoms with Crippen molar-refractivity contribution in [2.24, 2.45) is 0 Å². The molecule has 0 aliphatic carbocycles. The lowest BCUT2D eigenvalue weighted by molar-refractivity contribution is -0.113. The van der Waals surface area contributed by atoms with Gasteiger partial charge in [0, 0.05) is 23.2 Å². The number of hydrogen-bond donors (Lipinski definition) is 1. The molecule has 0 saturated carbocycles. The van der Waals surface area contributed by atoms with Gasteiger partial charge in [-0.05, 0) is 37.1 Å². The molecule has 9 heteroatoms. The summed E-state index contributed by atoms with van der Waals surface area (Å²) in [5.41, 5.74) is 1.50. The zero-order valence-corrected chi connectivity index (χ0v) is 18.4. The van der Waals surface area contributed by atoms with E-state index in [4.69, 9.17) is 4.98 Å². The van der Waals surface area contributed by atoms with Crippen LogP contribution < -0.4 is 10.2 Å². The lowest BCUT2D eigenvalue weighted by atomic mass is 10.2. The summed E-state index contributed by atoms with van der Waals surface area (Å²) in [6.07, 6.45) is 6.52. The summed E-state index contributed by atoms with van der Waals surface area (Å²) in [5, 5.41) is 4.73. The van der Waals surface area contributed by atoms with Gasteiger partial charge in [-0.25, -0.2) is 9.97 Å². The van der Waals surface area contributed by atoms with E-state index in [1.165, 1.54) is 43.8 Å². The number of anilines is 2. The minimum atomic E-state index is -0.0589. The second-order valence-electron chi connectivity index (χ2n) is 6.57. The lowest BCUT2D eigenvalue weighted by Crippen LogP contribution is -2.23. The first kappa shape index (κ1) is 19.6. The predicted molar refractivity (Wildman–Crippen MR) is 119 cm³/mol. The van der Waals surface area contributed by atoms with Gasteiger partial charge in [0.05, 0.1) is 5.75 Å². The summed E-state index contributed by atoms with van der Waals surface area (Å²) in [4.78, 5) is 28.1. The number of carbonyl (C=O) groups is 1. The first-order valence-corrected chi connectivity index (χ1v) is 11.8. The van der Waals surface area contributed by atoms with Crippen molar-refractivity contribution in [2.45, 2.75) is 30.7 Å². The molecule has 6 nitrogen and oxygen atoms in total. The maximum Gasteiger partial charge on any atom is 0.234 e. The van der Waals surface area contributed by atoms with Crippen LogP contribution in [0.1, 0.15) is 25.7 Å². The molecule has 1 aromatic carbocycles. The summed E-state index contributed by atoms with van der Waals surface area (Å²) in [7, 11) is 0. The largest absolute Gasteiger partial charge is 0.348 e. The number of thiazole rings is 1. The van der Waals surface area contributed by atoms with Crippen molar-refractivity contribution in [1.82, 2.24) is 15.0 Å². The quantitative estimate of drug-likeness (QED) is 0.413. The highest BCUT2D eigenvalue weighted by Crippen LogP contribution is 2.34. The van der Waals surface area contributed by atoms with Crippen molar-refractivity contribution < 1.29 is 4.79 Å². The lowest BCUT2D eigenvalue weighted by Gasteiger charge is -2.18. The number of halogens is 1. The molecule has 146 valence electrons. The molecule has 1 saturated heterocycles. The highest BCUT2D eigenvalue weighted by molar-refractivity contribution is 9.10. The molecule has 3 heterocycles. The highest BCUT2D eigenvalue weighted by Gasteiger charge is 2.17. The van der Waals surface area contributed by atoms with Gasteiger partial charge in [0.1, 0.15) is 16.1 Å². The number of amides is 1. The minimum Gasteiger partial charge on any atom is -0.348 e. The van der Waals surface area contributed by atoms with Gasteiger partial charge in [-0.2, -0.15) is 4.98 Å². The second-order valence-corrected chi connectivity index (χ2v) is 9.43. The van der Waals surface area contributed by atoms with Crippen LogP contribution in [-0.4, -0.2) is 39.7 Å². The van der Waals surface area contributed by atoms with E-state index in [0.29, 0.717) is 5.75 Å². The van der Waals surface area contributed by atoms with Crippen molar-refractivity contribution in [3.05, 3.63) is 35.1 Å². The molecule has 2 aromatic heterocycles. The summed E-state index contributed by atoms with van der Waals surface area (Å²) in [6, 6.07) is 7.54. The van der Waals surface area contributed by atoms with Crippen LogP contribution >= 0.6 is 39.0 Å². The fraction of sp³-hybridized carbons (Fsp3) is 0.368. The van der Waals surface area contributed by atoms with E-state index in [-0.39, 0.29) is 5.91 Å². The maximum absolute atomic E-state index is 12.3. The van der Waals surface area contributed by atoms with Crippen molar-refractivity contribution in [1.29, 1.82) is 0 Å². The molecule has 0 bridgehead atoms. The number of thioether (sulfide) groups is 1. The van der Waals surface area contributed by atoms with Crippen molar-refractivity contribution in [3.63, 3.8) is 0 Å². The van der Waals surface area contributed by atoms with Crippen molar-refractivity contribution >= 4 is 66.1 Å². The molecule has 4 rings (SSSR count). The van der Waals surface area contributed by atoms with Crippen LogP contribution in [0.4, 0.5) is 10.8 Å². The van der Waals surface area contributed by atoms with Crippen molar-refractivity contribution in [2.75, 3.05) is 29.1 Å². The van der Waals surface area contributed by atoms with Crippen LogP contribution in [0.15, 0.2) is 40.1 Å². The van der Waals surface area contributed by atoms with E-state index in [1.807, 2.05) is 24.3 Å². The molecule has 1 aliphatic rings. The number of hydrogen-bond acceptors (Lipinski definition) is 7. The van der Waals surface area contributed by atoms with Gasteiger partial charge in [0.25, 0.3) is 0 Å². The number of aromatic nitrogens is 3. The van der Waals surface area contributed by atoms with Crippen LogP contribution in [0.3, 0.4) is 0 Å². The third-order valence-corrected chi connectivity index (χ3v) is 7.25. The SMILES string of the molecule is O=C(CSc1ncnc2nc(N3CCCCCC3)sc12)Nc1ccc(Br)cc1. The van der Waals surface area contributed by atoms with Gasteiger partial charge >= 0.3 is 0 Å². The van der Waals surface area contributed by atoms with Crippen LogP contribution in [0.25, 0.3) is 10.3 Å². The third-order valence-electron chi connectivity index (χ3n) is 4.49. The van der Waals surface area contributed by atoms with Gasteiger partial charge in [-0.3, -0.25) is 4.79 Å². The molecule has 1 amide bonds. The van der Waals surface area contributed by atoms with E-state index in [0.717, 1.165) is 43.8 Å². The molecule has 1 aliphatic heterocycles. The first-order chi connectivity index (χ1) is 13.7. The molecular formula is C19H20BrN5OS2. The van der Waals surface area contributed by atoms with Crippen LogP contribution in [0.2, 0.25) is 0 Å². The average Bonchev–Trinajstić information content (AvgIpc) is 2.95. The number of fused-ring (bicyclic) bond motifs is 1. The number of carbonyl (C=O) groups excluding carboxylic acids is 1. The van der Waals surface area contributed by atoms with Crippen molar-refractivity contribution in [3.8, 4) is 0 Å². The normalized spacial score (nSPS) is 14.8. The Hall–Kier alpha value is -1.71. The Kier molecular flexibility index (Phi) is 6.43. The summed E-state index contributed by atoms with van der Waals surface area (Å²) in [5.74, 6) is 0.232. The fourth-order valence-electron chi connectivity index (χ4n) is 3.09. The van der Waals surface area contributed by atoms with Gasteiger partial charge in [-0.1, -0.05) is 51.9 Å². The number of benzene rings is 1. The van der Waals surface area contributed by atoms with E-state index in [2.05, 4.69) is 36.1 Å². The maximum atomic E-state index is 12.3. The van der Waals surface area contributed by atoms with Crippen LogP contribution in [-0.2, 0) is 4.79 Å². The molecule has 3 aromatic rings. The van der Waals surface area contributed by atoms with Gasteiger partial charge in [-0.15, -0.1) is 0 Å². The third kappa shape index (κ3) is 4.82. The number of rotatable bonds is 5. The molecule has 0 unspecified atom stereocenters. The summed E-state index contributed by atoms with van der Waals surface area (Å²) >= 11 is 6.44. The minimum absolute atomic E-state index is 0.0589. The zero-order chi connectivity index (χ0) is 19.3. The Morgan fingerprint density at radius 2 is 1.89 bits per heavy atom. The molecule has 0 spiro atoms. The topological polar surface area (TPSA) is 71.0 Å². The number of nitrogens with zero attached hydrogens (tertiary/aromatic N) is 4. The fourth-order valence-corrected chi connectivity index (χ4v) is 5.29. The molecule has 1 N–H and O–H groups in total. The molecule has 0 atom stereocenters. The van der Waals surface area contributed by atoms with Gasteiger partial charge in [0.15, 0.2) is 10.8 Å². The Labute approximate surface area is 180 Å². The van der Waals surface area contributed by atoms with E-state index < -0.39 is 0 Å². The zero-order valence-electron chi connectivity index (χ0n) is 15.2. The Morgan fingerprint density at radius 3 is 2.64 bits per heavy atom.